The molecule has 0 radical (unpaired) electrons. The van der Waals surface area contributed by atoms with Gasteiger partial charge in [0.25, 0.3) is 5.91 Å². The average Bonchev–Trinajstić information content (AvgIpc) is 2.27. The molecule has 1 aromatic carbocycles. The summed E-state index contributed by atoms with van der Waals surface area (Å²) in [6.45, 7) is 5.44. The van der Waals surface area contributed by atoms with E-state index in [0.717, 1.165) is 0 Å². The molecule has 1 amide bonds. The van der Waals surface area contributed by atoms with Crippen molar-refractivity contribution < 1.29 is 14.3 Å². The van der Waals surface area contributed by atoms with E-state index in [1.54, 1.807) is 13.0 Å². The molecule has 0 heterocycles. The molecule has 0 spiro atoms. The molecule has 0 aromatic heterocycles. The lowest BCUT2D eigenvalue weighted by Crippen LogP contribution is -2.41. The number of aliphatic hydroxyl groups is 1. The van der Waals surface area contributed by atoms with Crippen molar-refractivity contribution in [3.8, 4) is 0 Å². The van der Waals surface area contributed by atoms with Gasteiger partial charge in [0.05, 0.1) is 11.7 Å². The SMILES string of the molecule is CC(O)CN(C(=O)c1cc(Br)ccc1F)C(C)C. The van der Waals surface area contributed by atoms with Gasteiger partial charge in [-0.15, -0.1) is 0 Å². The molecule has 1 unspecified atom stereocenters. The molecule has 0 aliphatic heterocycles. The number of carbonyl (C=O) groups excluding carboxylic acids is 1. The Morgan fingerprint density at radius 1 is 1.44 bits per heavy atom. The van der Waals surface area contributed by atoms with Gasteiger partial charge < -0.3 is 10.0 Å². The molecular formula is C13H17BrFNO2. The Balaban J connectivity index is 3.05. The van der Waals surface area contributed by atoms with Crippen LogP contribution < -0.4 is 0 Å². The molecule has 3 nitrogen and oxygen atoms in total. The van der Waals surface area contributed by atoms with Gasteiger partial charge in [0.15, 0.2) is 0 Å². The standard InChI is InChI=1S/C13H17BrFNO2/c1-8(2)16(7-9(3)17)13(18)11-6-10(14)4-5-12(11)15/h4-6,8-9,17H,7H2,1-3H3. The molecule has 1 rings (SSSR count). The first kappa shape index (κ1) is 15.1. The molecule has 0 aliphatic rings. The fourth-order valence-electron chi connectivity index (χ4n) is 1.63. The third-order valence-electron chi connectivity index (χ3n) is 2.50. The number of nitrogens with zero attached hydrogens (tertiary/aromatic N) is 1. The first-order chi connectivity index (χ1) is 8.32. The van der Waals surface area contributed by atoms with Crippen molar-refractivity contribution in [2.75, 3.05) is 6.54 Å². The Hall–Kier alpha value is -0.940. The van der Waals surface area contributed by atoms with Gasteiger partial charge in [-0.1, -0.05) is 15.9 Å². The van der Waals surface area contributed by atoms with Crippen LogP contribution in [0.25, 0.3) is 0 Å². The van der Waals surface area contributed by atoms with Crippen molar-refractivity contribution in [3.05, 3.63) is 34.1 Å². The number of rotatable bonds is 4. The third kappa shape index (κ3) is 3.78. The highest BCUT2D eigenvalue weighted by Crippen LogP contribution is 2.18. The van der Waals surface area contributed by atoms with E-state index in [-0.39, 0.29) is 18.2 Å². The maximum atomic E-state index is 13.7. The molecule has 0 aliphatic carbocycles. The Morgan fingerprint density at radius 2 is 2.06 bits per heavy atom. The summed E-state index contributed by atoms with van der Waals surface area (Å²) in [6, 6.07) is 4.14. The lowest BCUT2D eigenvalue weighted by atomic mass is 10.1. The van der Waals surface area contributed by atoms with Crippen LogP contribution in [0.3, 0.4) is 0 Å². The van der Waals surface area contributed by atoms with Crippen LogP contribution in [0, 0.1) is 5.82 Å². The molecule has 18 heavy (non-hydrogen) atoms. The first-order valence-corrected chi connectivity index (χ1v) is 6.56. The van der Waals surface area contributed by atoms with E-state index < -0.39 is 17.8 Å². The maximum Gasteiger partial charge on any atom is 0.257 e. The van der Waals surface area contributed by atoms with Crippen LogP contribution in [0.2, 0.25) is 0 Å². The minimum atomic E-state index is -0.647. The Morgan fingerprint density at radius 3 is 2.56 bits per heavy atom. The second-order valence-corrected chi connectivity index (χ2v) is 5.44. The Labute approximate surface area is 115 Å². The summed E-state index contributed by atoms with van der Waals surface area (Å²) in [5.41, 5.74) is 0.0127. The summed E-state index contributed by atoms with van der Waals surface area (Å²) >= 11 is 3.21. The summed E-state index contributed by atoms with van der Waals surface area (Å²) in [5, 5.41) is 9.39. The number of hydrogen-bond donors (Lipinski definition) is 1. The van der Waals surface area contributed by atoms with Crippen LogP contribution in [0.4, 0.5) is 4.39 Å². The predicted octanol–water partition coefficient (Wildman–Crippen LogP) is 2.82. The van der Waals surface area contributed by atoms with Gasteiger partial charge in [0.2, 0.25) is 0 Å². The number of benzene rings is 1. The van der Waals surface area contributed by atoms with Crippen molar-refractivity contribution >= 4 is 21.8 Å². The zero-order chi connectivity index (χ0) is 13.9. The van der Waals surface area contributed by atoms with Gasteiger partial charge in [0.1, 0.15) is 5.82 Å². The van der Waals surface area contributed by atoms with E-state index in [0.29, 0.717) is 4.47 Å². The minimum absolute atomic E-state index is 0.0127. The summed E-state index contributed by atoms with van der Waals surface area (Å²) < 4.78 is 14.3. The fraction of sp³-hybridized carbons (Fsp3) is 0.462. The molecule has 100 valence electrons. The maximum absolute atomic E-state index is 13.7. The molecule has 5 heteroatoms. The van der Waals surface area contributed by atoms with E-state index in [1.165, 1.54) is 17.0 Å². The van der Waals surface area contributed by atoms with Crippen LogP contribution >= 0.6 is 15.9 Å². The molecule has 0 saturated heterocycles. The molecule has 1 atom stereocenters. The van der Waals surface area contributed by atoms with Gasteiger partial charge in [-0.2, -0.15) is 0 Å². The highest BCUT2D eigenvalue weighted by atomic mass is 79.9. The number of amides is 1. The highest BCUT2D eigenvalue weighted by molar-refractivity contribution is 9.10. The number of hydrogen-bond acceptors (Lipinski definition) is 2. The lowest BCUT2D eigenvalue weighted by molar-refractivity contribution is 0.0574. The van der Waals surface area contributed by atoms with Crippen LogP contribution in [-0.4, -0.2) is 34.6 Å². The minimum Gasteiger partial charge on any atom is -0.392 e. The number of aliphatic hydroxyl groups excluding tert-OH is 1. The Bertz CT molecular complexity index is 435. The number of carbonyl (C=O) groups is 1. The van der Waals surface area contributed by atoms with Crippen LogP contribution in [0.5, 0.6) is 0 Å². The van der Waals surface area contributed by atoms with Gasteiger partial charge in [-0.05, 0) is 39.0 Å². The van der Waals surface area contributed by atoms with Crippen molar-refractivity contribution in [1.82, 2.24) is 4.90 Å². The predicted molar refractivity (Wildman–Crippen MR) is 72.0 cm³/mol. The van der Waals surface area contributed by atoms with Crippen LogP contribution in [0.1, 0.15) is 31.1 Å². The van der Waals surface area contributed by atoms with Crippen LogP contribution in [-0.2, 0) is 0 Å². The molecule has 1 N–H and O–H groups in total. The second-order valence-electron chi connectivity index (χ2n) is 4.52. The highest BCUT2D eigenvalue weighted by Gasteiger charge is 2.23. The average molecular weight is 318 g/mol. The first-order valence-electron chi connectivity index (χ1n) is 5.77. The summed E-state index contributed by atoms with van der Waals surface area (Å²) in [7, 11) is 0. The zero-order valence-electron chi connectivity index (χ0n) is 10.7. The van der Waals surface area contributed by atoms with Crippen LogP contribution in [0.15, 0.2) is 22.7 Å². The smallest absolute Gasteiger partial charge is 0.257 e. The molecular weight excluding hydrogens is 301 g/mol. The molecule has 0 saturated carbocycles. The van der Waals surface area contributed by atoms with Crippen molar-refractivity contribution in [2.45, 2.75) is 32.9 Å². The van der Waals surface area contributed by atoms with Crippen molar-refractivity contribution in [3.63, 3.8) is 0 Å². The molecule has 1 aromatic rings. The van der Waals surface area contributed by atoms with Gasteiger partial charge in [-0.3, -0.25) is 4.79 Å². The largest absolute Gasteiger partial charge is 0.392 e. The zero-order valence-corrected chi connectivity index (χ0v) is 12.2. The fourth-order valence-corrected chi connectivity index (χ4v) is 1.99. The summed E-state index contributed by atoms with van der Waals surface area (Å²) in [4.78, 5) is 13.7. The topological polar surface area (TPSA) is 40.5 Å². The second kappa shape index (κ2) is 6.29. The van der Waals surface area contributed by atoms with E-state index in [4.69, 9.17) is 0 Å². The van der Waals surface area contributed by atoms with E-state index >= 15 is 0 Å². The van der Waals surface area contributed by atoms with E-state index in [9.17, 15) is 14.3 Å². The van der Waals surface area contributed by atoms with E-state index in [2.05, 4.69) is 15.9 Å². The molecule has 0 bridgehead atoms. The molecule has 0 fully saturated rings. The van der Waals surface area contributed by atoms with Gasteiger partial charge in [-0.25, -0.2) is 4.39 Å². The van der Waals surface area contributed by atoms with Crippen molar-refractivity contribution in [1.29, 1.82) is 0 Å². The Kier molecular flexibility index (Phi) is 5.28. The lowest BCUT2D eigenvalue weighted by Gasteiger charge is -2.28. The number of halogens is 2. The third-order valence-corrected chi connectivity index (χ3v) is 3.00. The normalized spacial score (nSPS) is 12.6. The quantitative estimate of drug-likeness (QED) is 0.927. The summed E-state index contributed by atoms with van der Waals surface area (Å²) in [6.07, 6.45) is -0.647. The monoisotopic (exact) mass is 317 g/mol. The van der Waals surface area contributed by atoms with Gasteiger partial charge >= 0.3 is 0 Å². The van der Waals surface area contributed by atoms with E-state index in [1.807, 2.05) is 13.8 Å². The van der Waals surface area contributed by atoms with Crippen molar-refractivity contribution in [2.24, 2.45) is 0 Å². The summed E-state index contributed by atoms with van der Waals surface area (Å²) in [5.74, 6) is -0.968. The van der Waals surface area contributed by atoms with Gasteiger partial charge in [0, 0.05) is 17.1 Å².